The maximum absolute atomic E-state index is 15.5. The molecule has 1 unspecified atom stereocenters. The number of carbonyl (C=O) groups excluding carboxylic acids is 2. The van der Waals surface area contributed by atoms with Crippen molar-refractivity contribution in [1.82, 2.24) is 5.32 Å². The van der Waals surface area contributed by atoms with Gasteiger partial charge in [-0.3, -0.25) is 13.8 Å². The van der Waals surface area contributed by atoms with Crippen LogP contribution in [0, 0.1) is 17.7 Å². The Balaban J connectivity index is 1.35. The minimum atomic E-state index is -1.03. The second kappa shape index (κ2) is 11.8. The Labute approximate surface area is 232 Å². The zero-order valence-electron chi connectivity index (χ0n) is 22.7. The van der Waals surface area contributed by atoms with Crippen molar-refractivity contribution < 1.29 is 22.9 Å². The van der Waals surface area contributed by atoms with Crippen LogP contribution in [0.2, 0.25) is 0 Å². The molecule has 1 aliphatic carbocycles. The number of rotatable bonds is 7. The van der Waals surface area contributed by atoms with E-state index < -0.39 is 16.8 Å². The van der Waals surface area contributed by atoms with Crippen LogP contribution in [-0.2, 0) is 31.5 Å². The van der Waals surface area contributed by atoms with Crippen molar-refractivity contribution in [3.63, 3.8) is 0 Å². The second-order valence-electron chi connectivity index (χ2n) is 11.5. The van der Waals surface area contributed by atoms with Gasteiger partial charge in [0.1, 0.15) is 11.9 Å². The fourth-order valence-corrected chi connectivity index (χ4v) is 7.05. The summed E-state index contributed by atoms with van der Waals surface area (Å²) in [7, 11) is -1.03. The highest BCUT2D eigenvalue weighted by Gasteiger charge is 2.43. The van der Waals surface area contributed by atoms with E-state index in [4.69, 9.17) is 4.74 Å². The lowest BCUT2D eigenvalue weighted by atomic mass is 9.75. The molecule has 39 heavy (non-hydrogen) atoms. The molecule has 0 bridgehead atoms. The van der Waals surface area contributed by atoms with Crippen LogP contribution in [0.25, 0.3) is 0 Å². The van der Waals surface area contributed by atoms with Gasteiger partial charge in [0.15, 0.2) is 0 Å². The van der Waals surface area contributed by atoms with E-state index in [1.807, 2.05) is 6.07 Å². The van der Waals surface area contributed by atoms with Crippen molar-refractivity contribution in [2.24, 2.45) is 11.8 Å². The van der Waals surface area contributed by atoms with Crippen molar-refractivity contribution >= 4 is 34.0 Å². The van der Waals surface area contributed by atoms with Crippen LogP contribution in [0.5, 0.6) is 0 Å². The van der Waals surface area contributed by atoms with Crippen LogP contribution in [0.4, 0.5) is 15.8 Å². The number of benzene rings is 2. The number of carbonyl (C=O) groups is 2. The van der Waals surface area contributed by atoms with Gasteiger partial charge in [0.2, 0.25) is 5.91 Å². The fourth-order valence-electron chi connectivity index (χ4n) is 6.40. The summed E-state index contributed by atoms with van der Waals surface area (Å²) in [6.07, 6.45) is 6.80. The first-order chi connectivity index (χ1) is 18.7. The number of fused-ring (bicyclic) bond motifs is 2. The molecule has 1 saturated heterocycles. The van der Waals surface area contributed by atoms with Crippen LogP contribution >= 0.6 is 0 Å². The van der Waals surface area contributed by atoms with Crippen LogP contribution in [0.1, 0.15) is 66.9 Å². The number of anilines is 2. The molecule has 210 valence electrons. The molecule has 0 aromatic heterocycles. The molecule has 3 N–H and O–H groups in total. The van der Waals surface area contributed by atoms with Gasteiger partial charge in [-0.1, -0.05) is 31.9 Å². The van der Waals surface area contributed by atoms with Gasteiger partial charge in [-0.2, -0.15) is 0 Å². The summed E-state index contributed by atoms with van der Waals surface area (Å²) in [4.78, 5) is 26.9. The van der Waals surface area contributed by atoms with Crippen molar-refractivity contribution in [1.29, 1.82) is 0 Å². The molecule has 0 radical (unpaired) electrons. The third kappa shape index (κ3) is 6.19. The average Bonchev–Trinajstić information content (AvgIpc) is 3.25. The van der Waals surface area contributed by atoms with Crippen molar-refractivity contribution in [3.8, 4) is 0 Å². The molecule has 2 fully saturated rings. The highest BCUT2D eigenvalue weighted by molar-refractivity contribution is 7.83. The van der Waals surface area contributed by atoms with Crippen molar-refractivity contribution in [2.75, 3.05) is 36.6 Å². The predicted octanol–water partition coefficient (Wildman–Crippen LogP) is 4.74. The van der Waals surface area contributed by atoms with E-state index in [2.05, 4.69) is 22.9 Å². The highest BCUT2D eigenvalue weighted by Crippen LogP contribution is 2.46. The number of hydrogen-bond acceptors (Lipinski definition) is 5. The van der Waals surface area contributed by atoms with Gasteiger partial charge < -0.3 is 20.7 Å². The van der Waals surface area contributed by atoms with E-state index in [1.165, 1.54) is 6.07 Å². The zero-order chi connectivity index (χ0) is 27.6. The molecular formula is C30H38FN3O4S. The normalized spacial score (nSPS) is 23.4. The van der Waals surface area contributed by atoms with E-state index in [-0.39, 0.29) is 29.0 Å². The van der Waals surface area contributed by atoms with Crippen LogP contribution in [0.3, 0.4) is 0 Å². The smallest absolute Gasteiger partial charge is 0.251 e. The number of nitrogens with one attached hydrogen (secondary N) is 3. The molecule has 5 rings (SSSR count). The van der Waals surface area contributed by atoms with E-state index in [9.17, 15) is 13.8 Å². The van der Waals surface area contributed by atoms with Gasteiger partial charge in [0, 0.05) is 70.5 Å². The SMILES string of the molecule is CC1CCC([C@H](NC(=O)c2cccc(CS(C)=O)c2)C(=O)Nc2cc(F)c3c(c2)NCC32CCOCC2)CC1. The standard InChI is InChI=1S/C30H38FN3O4S/c1-19-6-8-21(9-7-19)27(34-28(35)22-5-3-4-20(14-22)17-39(2)37)29(36)33-23-15-24(31)26-25(16-23)32-18-30(26)10-12-38-13-11-30/h3-5,14-16,19,21,27,32H,6-13,17-18H2,1-2H3,(H,33,36)(H,34,35)/t19?,21?,27-,39?/m0/s1. The minimum absolute atomic E-state index is 0.0145. The molecule has 2 atom stereocenters. The third-order valence-corrected chi connectivity index (χ3v) is 9.36. The van der Waals surface area contributed by atoms with Crippen LogP contribution in [0.15, 0.2) is 36.4 Å². The van der Waals surface area contributed by atoms with Gasteiger partial charge >= 0.3 is 0 Å². The molecule has 2 amide bonds. The van der Waals surface area contributed by atoms with E-state index in [0.717, 1.165) is 44.1 Å². The van der Waals surface area contributed by atoms with Gasteiger partial charge in [-0.15, -0.1) is 0 Å². The summed E-state index contributed by atoms with van der Waals surface area (Å²) in [5.74, 6) is -0.0850. The molecule has 1 spiro atoms. The van der Waals surface area contributed by atoms with Gasteiger partial charge in [-0.05, 0) is 67.3 Å². The third-order valence-electron chi connectivity index (χ3n) is 8.62. The number of halogens is 1. The first kappa shape index (κ1) is 27.8. The Morgan fingerprint density at radius 3 is 2.62 bits per heavy atom. The monoisotopic (exact) mass is 555 g/mol. The summed E-state index contributed by atoms with van der Waals surface area (Å²) in [6.45, 7) is 4.08. The molecule has 1 saturated carbocycles. The fraction of sp³-hybridized carbons (Fsp3) is 0.533. The first-order valence-corrected chi connectivity index (χ1v) is 15.6. The molecular weight excluding hydrogens is 517 g/mol. The topological polar surface area (TPSA) is 96.5 Å². The van der Waals surface area contributed by atoms with E-state index in [0.29, 0.717) is 53.9 Å². The number of amides is 2. The summed E-state index contributed by atoms with van der Waals surface area (Å²) < 4.78 is 32.6. The summed E-state index contributed by atoms with van der Waals surface area (Å²) in [5.41, 5.74) is 2.74. The largest absolute Gasteiger partial charge is 0.384 e. The quantitative estimate of drug-likeness (QED) is 0.459. The molecule has 3 aliphatic rings. The minimum Gasteiger partial charge on any atom is -0.384 e. The molecule has 2 heterocycles. The zero-order valence-corrected chi connectivity index (χ0v) is 23.5. The predicted molar refractivity (Wildman–Crippen MR) is 152 cm³/mol. The van der Waals surface area contributed by atoms with Crippen molar-refractivity contribution in [3.05, 3.63) is 58.9 Å². The van der Waals surface area contributed by atoms with Gasteiger partial charge in [0.05, 0.1) is 0 Å². The summed E-state index contributed by atoms with van der Waals surface area (Å²) in [5, 5.41) is 9.24. The lowest BCUT2D eigenvalue weighted by molar-refractivity contribution is -0.119. The molecule has 2 aromatic carbocycles. The number of hydrogen-bond donors (Lipinski definition) is 3. The Morgan fingerprint density at radius 1 is 1.15 bits per heavy atom. The van der Waals surface area contributed by atoms with Crippen LogP contribution < -0.4 is 16.0 Å². The Bertz CT molecular complexity index is 1250. The number of ether oxygens (including phenoxy) is 1. The maximum Gasteiger partial charge on any atom is 0.251 e. The second-order valence-corrected chi connectivity index (χ2v) is 12.9. The Hall–Kier alpha value is -2.78. The first-order valence-electron chi connectivity index (χ1n) is 13.9. The maximum atomic E-state index is 15.5. The average molecular weight is 556 g/mol. The van der Waals surface area contributed by atoms with Gasteiger partial charge in [-0.25, -0.2) is 4.39 Å². The van der Waals surface area contributed by atoms with E-state index >= 15 is 4.39 Å². The lowest BCUT2D eigenvalue weighted by Gasteiger charge is -2.33. The Kier molecular flexibility index (Phi) is 8.38. The summed E-state index contributed by atoms with van der Waals surface area (Å²) >= 11 is 0. The molecule has 7 nitrogen and oxygen atoms in total. The van der Waals surface area contributed by atoms with Gasteiger partial charge in [0.25, 0.3) is 5.91 Å². The summed E-state index contributed by atoms with van der Waals surface area (Å²) in [6, 6.07) is 9.48. The highest BCUT2D eigenvalue weighted by atomic mass is 32.2. The van der Waals surface area contributed by atoms with Crippen molar-refractivity contribution in [2.45, 2.75) is 62.7 Å². The molecule has 2 aliphatic heterocycles. The molecule has 2 aromatic rings. The molecule has 9 heteroatoms. The lowest BCUT2D eigenvalue weighted by Crippen LogP contribution is -2.49. The van der Waals surface area contributed by atoms with Crippen LogP contribution in [-0.4, -0.2) is 48.1 Å². The Morgan fingerprint density at radius 2 is 1.90 bits per heavy atom. The van der Waals surface area contributed by atoms with E-state index in [1.54, 1.807) is 30.5 Å².